The summed E-state index contributed by atoms with van der Waals surface area (Å²) in [6.07, 6.45) is 2.07. The Balaban J connectivity index is 3.05. The lowest BCUT2D eigenvalue weighted by Gasteiger charge is -2.14. The highest BCUT2D eigenvalue weighted by Crippen LogP contribution is 2.37. The molecule has 1 aromatic rings. The van der Waals surface area contributed by atoms with Gasteiger partial charge in [0.15, 0.2) is 0 Å². The molecule has 5 nitrogen and oxygen atoms in total. The van der Waals surface area contributed by atoms with E-state index in [4.69, 9.17) is 4.74 Å². The number of hydrogen-bond acceptors (Lipinski definition) is 4. The van der Waals surface area contributed by atoms with Crippen LogP contribution in [0.5, 0.6) is 5.75 Å². The maximum atomic E-state index is 11.1. The van der Waals surface area contributed by atoms with Crippen molar-refractivity contribution in [3.63, 3.8) is 0 Å². The molecule has 0 aliphatic heterocycles. The Labute approximate surface area is 120 Å². The van der Waals surface area contributed by atoms with Crippen molar-refractivity contribution in [1.29, 1.82) is 0 Å². The van der Waals surface area contributed by atoms with Gasteiger partial charge in [-0.15, -0.1) is 0 Å². The van der Waals surface area contributed by atoms with Crippen LogP contribution in [0.2, 0.25) is 0 Å². The molecule has 0 aliphatic rings. The van der Waals surface area contributed by atoms with Crippen LogP contribution in [0, 0.1) is 10.1 Å². The first kappa shape index (κ1) is 15.9. The first-order chi connectivity index (χ1) is 8.97. The number of hydrogen-bond donors (Lipinski definition) is 1. The number of aliphatic hydroxyl groups is 1. The summed E-state index contributed by atoms with van der Waals surface area (Å²) in [4.78, 5) is 10.6. The van der Waals surface area contributed by atoms with E-state index in [9.17, 15) is 15.2 Å². The van der Waals surface area contributed by atoms with Crippen molar-refractivity contribution in [1.82, 2.24) is 0 Å². The molecule has 1 aromatic carbocycles. The lowest BCUT2D eigenvalue weighted by molar-refractivity contribution is -0.386. The zero-order valence-electron chi connectivity index (χ0n) is 11.1. The predicted octanol–water partition coefficient (Wildman–Crippen LogP) is 3.98. The van der Waals surface area contributed by atoms with Crippen molar-refractivity contribution < 1.29 is 14.8 Å². The third kappa shape index (κ3) is 4.47. The van der Waals surface area contributed by atoms with Crippen molar-refractivity contribution in [2.24, 2.45) is 0 Å². The van der Waals surface area contributed by atoms with Crippen LogP contribution in [-0.4, -0.2) is 16.6 Å². The lowest BCUT2D eigenvalue weighted by atomic mass is 10.1. The Bertz CT molecular complexity index is 449. The maximum absolute atomic E-state index is 11.1. The second-order valence-electron chi connectivity index (χ2n) is 4.33. The van der Waals surface area contributed by atoms with Gasteiger partial charge in [-0.05, 0) is 19.4 Å². The minimum atomic E-state index is -0.822. The molecule has 0 bridgehead atoms. The smallest absolute Gasteiger partial charge is 0.312 e. The molecule has 0 amide bonds. The molecule has 19 heavy (non-hydrogen) atoms. The second-order valence-corrected chi connectivity index (χ2v) is 5.25. The molecule has 0 saturated heterocycles. The molecule has 0 fully saturated rings. The maximum Gasteiger partial charge on any atom is 0.312 e. The molecule has 0 spiro atoms. The number of benzene rings is 1. The molecule has 1 N–H and O–H groups in total. The number of nitro groups is 1. The molecule has 0 saturated carbocycles. The van der Waals surface area contributed by atoms with Gasteiger partial charge in [-0.3, -0.25) is 10.1 Å². The zero-order valence-corrected chi connectivity index (χ0v) is 12.6. The molecule has 0 aromatic heterocycles. The van der Waals surface area contributed by atoms with Gasteiger partial charge in [0.2, 0.25) is 5.75 Å². The molecule has 1 atom stereocenters. The summed E-state index contributed by atoms with van der Waals surface area (Å²) in [5, 5.41) is 20.8. The van der Waals surface area contributed by atoms with E-state index in [0.29, 0.717) is 16.6 Å². The number of unbranched alkanes of at least 4 members (excludes halogenated alkanes) is 2. The standard InChI is InChI=1S/C13H18BrNO4/c1-3-4-5-6-19-13-11(9(2)16)7-10(14)8-12(13)15(17)18/h7-9,16H,3-6H2,1-2H3. The van der Waals surface area contributed by atoms with Gasteiger partial charge in [-0.25, -0.2) is 0 Å². The fourth-order valence-corrected chi connectivity index (χ4v) is 2.19. The van der Waals surface area contributed by atoms with Crippen LogP contribution in [0.3, 0.4) is 0 Å². The second kappa shape index (κ2) is 7.45. The van der Waals surface area contributed by atoms with E-state index in [0.717, 1.165) is 19.3 Å². The summed E-state index contributed by atoms with van der Waals surface area (Å²) in [5.41, 5.74) is 0.305. The average Bonchev–Trinajstić information content (AvgIpc) is 2.34. The highest BCUT2D eigenvalue weighted by Gasteiger charge is 2.23. The molecule has 0 radical (unpaired) electrons. The topological polar surface area (TPSA) is 72.6 Å². The molecule has 1 unspecified atom stereocenters. The Morgan fingerprint density at radius 2 is 2.16 bits per heavy atom. The molecule has 106 valence electrons. The van der Waals surface area contributed by atoms with Crippen molar-refractivity contribution in [2.75, 3.05) is 6.61 Å². The molecule has 6 heteroatoms. The highest BCUT2D eigenvalue weighted by atomic mass is 79.9. The van der Waals surface area contributed by atoms with Gasteiger partial charge in [0.25, 0.3) is 0 Å². The molecular weight excluding hydrogens is 314 g/mol. The van der Waals surface area contributed by atoms with Crippen LogP contribution in [-0.2, 0) is 0 Å². The van der Waals surface area contributed by atoms with E-state index in [2.05, 4.69) is 22.9 Å². The summed E-state index contributed by atoms with van der Waals surface area (Å²) in [5.74, 6) is 0.166. The molecular formula is C13H18BrNO4. The van der Waals surface area contributed by atoms with Gasteiger partial charge in [-0.2, -0.15) is 0 Å². The zero-order chi connectivity index (χ0) is 14.4. The number of halogens is 1. The predicted molar refractivity (Wildman–Crippen MR) is 76.5 cm³/mol. The Morgan fingerprint density at radius 1 is 1.47 bits per heavy atom. The summed E-state index contributed by atoms with van der Waals surface area (Å²) >= 11 is 3.21. The van der Waals surface area contributed by atoms with Crippen LogP contribution in [0.1, 0.15) is 44.8 Å². The van der Waals surface area contributed by atoms with Gasteiger partial charge in [0.05, 0.1) is 17.6 Å². The Hall–Kier alpha value is -1.14. The third-order valence-corrected chi connectivity index (χ3v) is 3.16. The van der Waals surface area contributed by atoms with Crippen LogP contribution < -0.4 is 4.74 Å². The largest absolute Gasteiger partial charge is 0.487 e. The fraction of sp³-hybridized carbons (Fsp3) is 0.538. The molecule has 1 rings (SSSR count). The van der Waals surface area contributed by atoms with Crippen molar-refractivity contribution in [3.8, 4) is 5.75 Å². The van der Waals surface area contributed by atoms with Gasteiger partial charge in [0.1, 0.15) is 0 Å². The first-order valence-electron chi connectivity index (χ1n) is 6.26. The average molecular weight is 332 g/mol. The van der Waals surface area contributed by atoms with E-state index < -0.39 is 11.0 Å². The third-order valence-electron chi connectivity index (χ3n) is 2.70. The first-order valence-corrected chi connectivity index (χ1v) is 7.05. The van der Waals surface area contributed by atoms with Gasteiger partial charge in [0, 0.05) is 16.1 Å². The van der Waals surface area contributed by atoms with E-state index in [-0.39, 0.29) is 11.4 Å². The fourth-order valence-electron chi connectivity index (χ4n) is 1.73. The minimum Gasteiger partial charge on any atom is -0.487 e. The number of nitro benzene ring substituents is 1. The Kier molecular flexibility index (Phi) is 6.24. The molecule has 0 aliphatic carbocycles. The molecule has 0 heterocycles. The van der Waals surface area contributed by atoms with E-state index in [1.807, 2.05) is 0 Å². The van der Waals surface area contributed by atoms with Gasteiger partial charge >= 0.3 is 5.69 Å². The monoisotopic (exact) mass is 331 g/mol. The number of ether oxygens (including phenoxy) is 1. The van der Waals surface area contributed by atoms with Crippen LogP contribution >= 0.6 is 15.9 Å². The lowest BCUT2D eigenvalue weighted by Crippen LogP contribution is -2.05. The number of aliphatic hydroxyl groups excluding tert-OH is 1. The quantitative estimate of drug-likeness (QED) is 0.466. The number of nitrogens with zero attached hydrogens (tertiary/aromatic N) is 1. The van der Waals surface area contributed by atoms with Crippen molar-refractivity contribution >= 4 is 21.6 Å². The van der Waals surface area contributed by atoms with Crippen molar-refractivity contribution in [2.45, 2.75) is 39.2 Å². The minimum absolute atomic E-state index is 0.123. The van der Waals surface area contributed by atoms with Crippen LogP contribution in [0.4, 0.5) is 5.69 Å². The summed E-state index contributed by atoms with van der Waals surface area (Å²) in [6, 6.07) is 3.04. The number of rotatable bonds is 7. The Morgan fingerprint density at radius 3 is 2.68 bits per heavy atom. The van der Waals surface area contributed by atoms with E-state index in [1.165, 1.54) is 6.07 Å². The van der Waals surface area contributed by atoms with Crippen molar-refractivity contribution in [3.05, 3.63) is 32.3 Å². The van der Waals surface area contributed by atoms with Crippen LogP contribution in [0.15, 0.2) is 16.6 Å². The van der Waals surface area contributed by atoms with Crippen LogP contribution in [0.25, 0.3) is 0 Å². The van der Waals surface area contributed by atoms with Gasteiger partial charge < -0.3 is 9.84 Å². The van der Waals surface area contributed by atoms with Gasteiger partial charge in [-0.1, -0.05) is 35.7 Å². The van der Waals surface area contributed by atoms with E-state index in [1.54, 1.807) is 13.0 Å². The SMILES string of the molecule is CCCCCOc1c(C(C)O)cc(Br)cc1[N+](=O)[O-]. The highest BCUT2D eigenvalue weighted by molar-refractivity contribution is 9.10. The van der Waals surface area contributed by atoms with E-state index >= 15 is 0 Å². The summed E-state index contributed by atoms with van der Waals surface area (Å²) in [7, 11) is 0. The normalized spacial score (nSPS) is 12.2. The summed E-state index contributed by atoms with van der Waals surface area (Å²) in [6.45, 7) is 4.05. The summed E-state index contributed by atoms with van der Waals surface area (Å²) < 4.78 is 6.08.